The van der Waals surface area contributed by atoms with Crippen molar-refractivity contribution in [2.75, 3.05) is 4.90 Å². The summed E-state index contributed by atoms with van der Waals surface area (Å²) in [6.07, 6.45) is 7.63. The number of hydrogen-bond acceptors (Lipinski definition) is 5. The first-order valence-electron chi connectivity index (χ1n) is 14.3. The van der Waals surface area contributed by atoms with Gasteiger partial charge in [0.15, 0.2) is 0 Å². The summed E-state index contributed by atoms with van der Waals surface area (Å²) in [5, 5.41) is 12.8. The molecule has 39 heavy (non-hydrogen) atoms. The summed E-state index contributed by atoms with van der Waals surface area (Å²) in [7, 11) is 0. The number of nitrogens with zero attached hydrogens (tertiary/aromatic N) is 2. The lowest BCUT2D eigenvalue weighted by Gasteiger charge is -2.39. The van der Waals surface area contributed by atoms with Gasteiger partial charge < -0.3 is 10.0 Å². The molecule has 1 amide bonds. The molecule has 0 spiro atoms. The van der Waals surface area contributed by atoms with E-state index >= 15 is 0 Å². The Balaban J connectivity index is 1.38. The molecule has 5 rings (SSSR count). The van der Waals surface area contributed by atoms with E-state index in [0.29, 0.717) is 21.7 Å². The fourth-order valence-electron chi connectivity index (χ4n) is 5.99. The molecule has 2 saturated carbocycles. The van der Waals surface area contributed by atoms with E-state index in [0.717, 1.165) is 72.2 Å². The van der Waals surface area contributed by atoms with Gasteiger partial charge in [0.2, 0.25) is 5.91 Å². The maximum atomic E-state index is 14.2. The second kappa shape index (κ2) is 11.6. The van der Waals surface area contributed by atoms with Crippen molar-refractivity contribution in [3.63, 3.8) is 0 Å². The first kappa shape index (κ1) is 28.2. The summed E-state index contributed by atoms with van der Waals surface area (Å²) >= 11 is 3.16. The fourth-order valence-corrected chi connectivity index (χ4v) is 8.18. The number of carbonyl (C=O) groups excluding carboxylic acids is 1. The number of carboxylic acid groups (broad SMARTS) is 1. The zero-order valence-electron chi connectivity index (χ0n) is 23.5. The first-order chi connectivity index (χ1) is 18.6. The molecular weight excluding hydrogens is 524 g/mol. The van der Waals surface area contributed by atoms with E-state index in [9.17, 15) is 14.7 Å². The van der Waals surface area contributed by atoms with Crippen molar-refractivity contribution in [1.82, 2.24) is 4.98 Å². The average Bonchev–Trinajstić information content (AvgIpc) is 3.36. The Morgan fingerprint density at radius 1 is 0.974 bits per heavy atom. The number of para-hydroxylation sites is 1. The molecule has 2 aliphatic carbocycles. The molecule has 0 bridgehead atoms. The third kappa shape index (κ3) is 6.35. The van der Waals surface area contributed by atoms with Gasteiger partial charge in [0.25, 0.3) is 0 Å². The van der Waals surface area contributed by atoms with Gasteiger partial charge in [-0.3, -0.25) is 4.79 Å². The molecule has 1 N–H and O–H groups in total. The minimum Gasteiger partial charge on any atom is -0.477 e. The van der Waals surface area contributed by atoms with Crippen molar-refractivity contribution in [2.24, 2.45) is 11.8 Å². The van der Waals surface area contributed by atoms with Crippen LogP contribution in [0.4, 0.5) is 5.69 Å². The van der Waals surface area contributed by atoms with Crippen LogP contribution in [-0.4, -0.2) is 33.3 Å². The number of fused-ring (bicyclic) bond motifs is 1. The van der Waals surface area contributed by atoms with Gasteiger partial charge in [-0.25, -0.2) is 9.78 Å². The van der Waals surface area contributed by atoms with Gasteiger partial charge in [-0.05, 0) is 80.9 Å². The van der Waals surface area contributed by atoms with Gasteiger partial charge in [-0.15, -0.1) is 23.1 Å². The van der Waals surface area contributed by atoms with Crippen LogP contribution in [0.5, 0.6) is 0 Å². The topological polar surface area (TPSA) is 70.5 Å². The van der Waals surface area contributed by atoms with E-state index in [-0.39, 0.29) is 23.3 Å². The van der Waals surface area contributed by atoms with Crippen molar-refractivity contribution in [2.45, 2.75) is 101 Å². The number of hydrogen-bond donors (Lipinski definition) is 1. The fraction of sp³-hybridized carbons (Fsp3) is 0.531. The Kier molecular flexibility index (Phi) is 8.39. The van der Waals surface area contributed by atoms with E-state index in [2.05, 4.69) is 52.0 Å². The monoisotopic (exact) mass is 564 g/mol. The molecule has 1 aromatic carbocycles. The zero-order chi connectivity index (χ0) is 27.7. The van der Waals surface area contributed by atoms with Crippen LogP contribution in [0.25, 0.3) is 10.9 Å². The summed E-state index contributed by atoms with van der Waals surface area (Å²) in [6.45, 7) is 8.57. The molecule has 0 radical (unpaired) electrons. The predicted molar refractivity (Wildman–Crippen MR) is 162 cm³/mol. The smallest absolute Gasteiger partial charge is 0.348 e. The van der Waals surface area contributed by atoms with E-state index < -0.39 is 5.97 Å². The predicted octanol–water partition coefficient (Wildman–Crippen LogP) is 8.55. The number of rotatable bonds is 6. The summed E-state index contributed by atoms with van der Waals surface area (Å²) < 4.78 is 0. The number of anilines is 1. The van der Waals surface area contributed by atoms with Gasteiger partial charge >= 0.3 is 5.97 Å². The van der Waals surface area contributed by atoms with E-state index in [1.807, 2.05) is 34.9 Å². The highest BCUT2D eigenvalue weighted by molar-refractivity contribution is 7.99. The minimum atomic E-state index is -0.938. The molecule has 2 aromatic heterocycles. The van der Waals surface area contributed by atoms with Crippen molar-refractivity contribution >= 4 is 51.6 Å². The van der Waals surface area contributed by atoms with Crippen LogP contribution in [0.2, 0.25) is 0 Å². The molecule has 0 aliphatic heterocycles. The van der Waals surface area contributed by atoms with Crippen molar-refractivity contribution in [1.29, 1.82) is 0 Å². The standard InChI is InChI=1S/C32H40N2O3S2/c1-20-9-11-22(12-10-20)30(35)34(26-19-27(32(2,3)4)39-29(26)31(36)37)23-14-16-24(17-15-23)38-28-18-13-21-7-5-6-8-25(21)33-28/h5-8,13,18-20,22-24H,9-12,14-17H2,1-4H3,(H,36,37)/t20-,22-,23-,24-. The highest BCUT2D eigenvalue weighted by Gasteiger charge is 2.38. The number of thiophene rings is 1. The maximum Gasteiger partial charge on any atom is 0.348 e. The Morgan fingerprint density at radius 2 is 1.67 bits per heavy atom. The zero-order valence-corrected chi connectivity index (χ0v) is 25.1. The molecule has 0 unspecified atom stereocenters. The van der Waals surface area contributed by atoms with Crippen LogP contribution in [0, 0.1) is 11.8 Å². The molecule has 0 atom stereocenters. The molecule has 0 saturated heterocycles. The Hall–Kier alpha value is -2.38. The van der Waals surface area contributed by atoms with Crippen LogP contribution >= 0.6 is 23.1 Å². The highest BCUT2D eigenvalue weighted by atomic mass is 32.2. The number of pyridine rings is 1. The summed E-state index contributed by atoms with van der Waals surface area (Å²) in [6, 6.07) is 14.5. The van der Waals surface area contributed by atoms with E-state index in [4.69, 9.17) is 4.98 Å². The number of amides is 1. The van der Waals surface area contributed by atoms with Gasteiger partial charge in [-0.1, -0.05) is 52.0 Å². The lowest BCUT2D eigenvalue weighted by Crippen LogP contribution is -2.46. The van der Waals surface area contributed by atoms with Gasteiger partial charge in [-0.2, -0.15) is 0 Å². The van der Waals surface area contributed by atoms with Crippen LogP contribution < -0.4 is 4.90 Å². The molecular formula is C32H40N2O3S2. The summed E-state index contributed by atoms with van der Waals surface area (Å²) in [5.74, 6) is -0.168. The van der Waals surface area contributed by atoms with Crippen molar-refractivity contribution in [3.8, 4) is 0 Å². The van der Waals surface area contributed by atoms with Gasteiger partial charge in [0.05, 0.1) is 16.2 Å². The molecule has 7 heteroatoms. The molecule has 3 aromatic rings. The normalized spacial score (nSPS) is 24.0. The number of carbonyl (C=O) groups is 2. The quantitative estimate of drug-likeness (QED) is 0.325. The maximum absolute atomic E-state index is 14.2. The van der Waals surface area contributed by atoms with Crippen molar-refractivity contribution in [3.05, 3.63) is 52.2 Å². The Labute approximate surface area is 240 Å². The highest BCUT2D eigenvalue weighted by Crippen LogP contribution is 2.43. The minimum absolute atomic E-state index is 0.0188. The average molecular weight is 565 g/mol. The molecule has 208 valence electrons. The van der Waals surface area contributed by atoms with E-state index in [1.165, 1.54) is 11.3 Å². The molecule has 2 heterocycles. The van der Waals surface area contributed by atoms with Gasteiger partial charge in [0, 0.05) is 27.5 Å². The third-order valence-electron chi connectivity index (χ3n) is 8.38. The Morgan fingerprint density at radius 3 is 2.33 bits per heavy atom. The number of aromatic carboxylic acids is 1. The summed E-state index contributed by atoms with van der Waals surface area (Å²) in [5.41, 5.74) is 1.46. The first-order valence-corrected chi connectivity index (χ1v) is 16.0. The Bertz CT molecular complexity index is 1330. The van der Waals surface area contributed by atoms with Crippen molar-refractivity contribution < 1.29 is 14.7 Å². The largest absolute Gasteiger partial charge is 0.477 e. The number of aromatic nitrogens is 1. The number of benzene rings is 1. The van der Waals surface area contributed by atoms with Crippen LogP contribution in [0.15, 0.2) is 47.5 Å². The summed E-state index contributed by atoms with van der Waals surface area (Å²) in [4.78, 5) is 34.7. The van der Waals surface area contributed by atoms with E-state index in [1.54, 1.807) is 0 Å². The van der Waals surface area contributed by atoms with Gasteiger partial charge in [0.1, 0.15) is 4.88 Å². The molecule has 5 nitrogen and oxygen atoms in total. The van der Waals surface area contributed by atoms with Crippen LogP contribution in [0.3, 0.4) is 0 Å². The lowest BCUT2D eigenvalue weighted by molar-refractivity contribution is -0.124. The SMILES string of the molecule is CC(C)(C)c1cc(N(C(=O)[C@H]2CC[C@H](C)CC2)[C@H]2CC[C@H](Sc3ccc4ccccc4n3)CC2)c(C(=O)O)s1. The van der Waals surface area contributed by atoms with Crippen LogP contribution in [-0.2, 0) is 10.2 Å². The second-order valence-electron chi connectivity index (χ2n) is 12.4. The lowest BCUT2D eigenvalue weighted by atomic mass is 9.81. The number of thioether (sulfide) groups is 1. The molecule has 2 fully saturated rings. The number of carboxylic acids is 1. The van der Waals surface area contributed by atoms with Crippen LogP contribution in [0.1, 0.15) is 93.6 Å². The third-order valence-corrected chi connectivity index (χ3v) is 11.2. The second-order valence-corrected chi connectivity index (χ2v) is 14.8. The molecule has 2 aliphatic rings.